The van der Waals surface area contributed by atoms with E-state index < -0.39 is 15.9 Å². The van der Waals surface area contributed by atoms with Gasteiger partial charge < -0.3 is 0 Å². The Morgan fingerprint density at radius 3 is 2.47 bits per heavy atom. The lowest BCUT2D eigenvalue weighted by atomic mass is 10.1. The summed E-state index contributed by atoms with van der Waals surface area (Å²) in [5.41, 5.74) is 3.30. The van der Waals surface area contributed by atoms with Crippen molar-refractivity contribution in [1.29, 1.82) is 0 Å². The topological polar surface area (TPSA) is 101 Å². The van der Waals surface area contributed by atoms with Gasteiger partial charge in [-0.3, -0.25) is 14.8 Å². The molecule has 0 aliphatic rings. The number of anilines is 2. The summed E-state index contributed by atoms with van der Waals surface area (Å²) in [7, 11) is -3.86. The van der Waals surface area contributed by atoms with Gasteiger partial charge in [0.25, 0.3) is 15.9 Å². The van der Waals surface area contributed by atoms with E-state index in [1.807, 2.05) is 26.8 Å². The zero-order valence-corrected chi connectivity index (χ0v) is 19.5. The molecule has 0 radical (unpaired) electrons. The molecule has 0 bridgehead atoms. The summed E-state index contributed by atoms with van der Waals surface area (Å²) in [6, 6.07) is 9.92. The van der Waals surface area contributed by atoms with Crippen LogP contribution in [0.15, 0.2) is 45.6 Å². The van der Waals surface area contributed by atoms with Gasteiger partial charge in [-0.1, -0.05) is 42.2 Å². The van der Waals surface area contributed by atoms with Gasteiger partial charge in [0.05, 0.1) is 4.90 Å². The van der Waals surface area contributed by atoms with Crippen LogP contribution in [0.2, 0.25) is 0 Å². The Morgan fingerprint density at radius 2 is 1.77 bits per heavy atom. The highest BCUT2D eigenvalue weighted by Gasteiger charge is 2.20. The monoisotopic (exact) mass is 462 g/mol. The van der Waals surface area contributed by atoms with Crippen LogP contribution >= 0.6 is 23.1 Å². The molecule has 1 amide bonds. The average molecular weight is 463 g/mol. The first-order chi connectivity index (χ1) is 14.2. The molecule has 0 saturated heterocycles. The zero-order valence-electron chi connectivity index (χ0n) is 17.0. The third kappa shape index (κ3) is 5.18. The average Bonchev–Trinajstić information content (AvgIpc) is 3.12. The minimum absolute atomic E-state index is 0.0490. The van der Waals surface area contributed by atoms with Crippen molar-refractivity contribution in [3.05, 3.63) is 58.7 Å². The molecule has 1 heterocycles. The van der Waals surface area contributed by atoms with Crippen LogP contribution in [0, 0.1) is 20.8 Å². The molecular formula is C20H22N4O3S3. The molecule has 10 heteroatoms. The summed E-state index contributed by atoms with van der Waals surface area (Å²) < 4.78 is 29.3. The van der Waals surface area contributed by atoms with E-state index in [9.17, 15) is 13.2 Å². The van der Waals surface area contributed by atoms with Crippen molar-refractivity contribution in [3.8, 4) is 0 Å². The van der Waals surface area contributed by atoms with Gasteiger partial charge in [-0.05, 0) is 67.5 Å². The van der Waals surface area contributed by atoms with E-state index in [0.29, 0.717) is 16.4 Å². The number of hydrogen-bond donors (Lipinski definition) is 2. The van der Waals surface area contributed by atoms with E-state index in [4.69, 9.17) is 0 Å². The zero-order chi connectivity index (χ0) is 21.9. The molecule has 0 atom stereocenters. The smallest absolute Gasteiger partial charge is 0.262 e. The lowest BCUT2D eigenvalue weighted by molar-refractivity contribution is 0.102. The number of thioether (sulfide) groups is 1. The Labute approximate surface area is 184 Å². The van der Waals surface area contributed by atoms with Crippen LogP contribution in [-0.2, 0) is 10.0 Å². The maximum atomic E-state index is 13.0. The number of aromatic nitrogens is 2. The normalized spacial score (nSPS) is 11.3. The van der Waals surface area contributed by atoms with Gasteiger partial charge in [-0.25, -0.2) is 8.42 Å². The van der Waals surface area contributed by atoms with Crippen molar-refractivity contribution in [1.82, 2.24) is 10.2 Å². The largest absolute Gasteiger partial charge is 0.296 e. The maximum Gasteiger partial charge on any atom is 0.262 e. The van der Waals surface area contributed by atoms with Gasteiger partial charge in [0.1, 0.15) is 0 Å². The molecule has 0 fully saturated rings. The number of nitrogens with zero attached hydrogens (tertiary/aromatic N) is 2. The van der Waals surface area contributed by atoms with E-state index in [0.717, 1.165) is 21.2 Å². The highest BCUT2D eigenvalue weighted by molar-refractivity contribution is 8.01. The van der Waals surface area contributed by atoms with Gasteiger partial charge in [0.2, 0.25) is 5.13 Å². The van der Waals surface area contributed by atoms with Crippen LogP contribution in [0.25, 0.3) is 0 Å². The molecule has 0 spiro atoms. The summed E-state index contributed by atoms with van der Waals surface area (Å²) >= 11 is 2.81. The van der Waals surface area contributed by atoms with Crippen molar-refractivity contribution in [2.45, 2.75) is 36.9 Å². The molecule has 0 aliphatic carbocycles. The predicted octanol–water partition coefficient (Wildman–Crippen LogP) is 4.63. The fraction of sp³-hybridized carbons (Fsp3) is 0.250. The van der Waals surface area contributed by atoms with Crippen LogP contribution in [0.5, 0.6) is 0 Å². The van der Waals surface area contributed by atoms with E-state index in [1.54, 1.807) is 31.2 Å². The minimum atomic E-state index is -3.86. The molecule has 3 rings (SSSR count). The molecule has 3 aromatic rings. The van der Waals surface area contributed by atoms with Crippen molar-refractivity contribution >= 4 is 49.8 Å². The van der Waals surface area contributed by atoms with E-state index in [2.05, 4.69) is 20.2 Å². The fourth-order valence-corrected chi connectivity index (χ4v) is 5.62. The molecule has 2 N–H and O–H groups in total. The Bertz CT molecular complexity index is 1190. The number of carbonyl (C=O) groups excluding carboxylic acids is 1. The molecule has 0 aliphatic heterocycles. The minimum Gasteiger partial charge on any atom is -0.296 e. The number of benzene rings is 2. The maximum absolute atomic E-state index is 13.0. The van der Waals surface area contributed by atoms with E-state index >= 15 is 0 Å². The Morgan fingerprint density at radius 1 is 1.03 bits per heavy atom. The summed E-state index contributed by atoms with van der Waals surface area (Å²) in [6.07, 6.45) is 0. The van der Waals surface area contributed by atoms with Crippen molar-refractivity contribution < 1.29 is 13.2 Å². The first-order valence-corrected chi connectivity index (χ1v) is 12.5. The van der Waals surface area contributed by atoms with Crippen LogP contribution in [-0.4, -0.2) is 30.3 Å². The van der Waals surface area contributed by atoms with Gasteiger partial charge >= 0.3 is 0 Å². The van der Waals surface area contributed by atoms with Crippen molar-refractivity contribution in [3.63, 3.8) is 0 Å². The fourth-order valence-electron chi connectivity index (χ4n) is 2.66. The Hall–Kier alpha value is -2.43. The molecule has 0 unspecified atom stereocenters. The molecule has 158 valence electrons. The van der Waals surface area contributed by atoms with Crippen LogP contribution in [0.4, 0.5) is 10.8 Å². The van der Waals surface area contributed by atoms with Gasteiger partial charge in [0.15, 0.2) is 4.34 Å². The third-order valence-corrected chi connectivity index (χ3v) is 7.77. The first-order valence-electron chi connectivity index (χ1n) is 9.18. The van der Waals surface area contributed by atoms with Crippen molar-refractivity contribution in [2.75, 3.05) is 15.8 Å². The predicted molar refractivity (Wildman–Crippen MR) is 122 cm³/mol. The van der Waals surface area contributed by atoms with Gasteiger partial charge in [0, 0.05) is 11.3 Å². The number of rotatable bonds is 7. The van der Waals surface area contributed by atoms with Gasteiger partial charge in [-0.2, -0.15) is 0 Å². The molecule has 30 heavy (non-hydrogen) atoms. The lowest BCUT2D eigenvalue weighted by Gasteiger charge is -2.13. The second-order valence-corrected chi connectivity index (χ2v) is 10.8. The van der Waals surface area contributed by atoms with Gasteiger partial charge in [-0.15, -0.1) is 10.2 Å². The number of hydrogen-bond acceptors (Lipinski definition) is 7. The molecule has 0 saturated carbocycles. The summed E-state index contributed by atoms with van der Waals surface area (Å²) in [6.45, 7) is 7.57. The Kier molecular flexibility index (Phi) is 6.79. The summed E-state index contributed by atoms with van der Waals surface area (Å²) in [5, 5.41) is 11.0. The molecule has 2 aromatic carbocycles. The number of sulfonamides is 1. The standard InChI is InChI=1S/C20H22N4O3S3/c1-5-28-20-23-22-19(29-20)21-18(25)15-8-6-13(3)17(11-15)30(26,27)24-16-9-7-12(2)14(4)10-16/h6-11,24H,5H2,1-4H3,(H,21,22,25). The third-order valence-electron chi connectivity index (χ3n) is 4.39. The molecular weight excluding hydrogens is 440 g/mol. The molecule has 1 aromatic heterocycles. The van der Waals surface area contributed by atoms with Crippen LogP contribution < -0.4 is 10.0 Å². The molecule has 7 nitrogen and oxygen atoms in total. The first kappa shape index (κ1) is 22.3. The lowest BCUT2D eigenvalue weighted by Crippen LogP contribution is -2.17. The van der Waals surface area contributed by atoms with Crippen LogP contribution in [0.1, 0.15) is 34.0 Å². The second kappa shape index (κ2) is 9.15. The van der Waals surface area contributed by atoms with Crippen LogP contribution in [0.3, 0.4) is 0 Å². The number of nitrogens with one attached hydrogen (secondary N) is 2. The van der Waals surface area contributed by atoms with E-state index in [-0.39, 0.29) is 10.5 Å². The van der Waals surface area contributed by atoms with Crippen molar-refractivity contribution in [2.24, 2.45) is 0 Å². The second-order valence-electron chi connectivity index (χ2n) is 6.65. The number of aryl methyl sites for hydroxylation is 3. The number of carbonyl (C=O) groups is 1. The SMILES string of the molecule is CCSc1nnc(NC(=O)c2ccc(C)c(S(=O)(=O)Nc3ccc(C)c(C)c3)c2)s1. The summed E-state index contributed by atoms with van der Waals surface area (Å²) in [5.74, 6) is 0.414. The Balaban J connectivity index is 1.84. The van der Waals surface area contributed by atoms with E-state index in [1.165, 1.54) is 29.2 Å². The number of amides is 1. The quantitative estimate of drug-likeness (QED) is 0.392. The highest BCUT2D eigenvalue weighted by Crippen LogP contribution is 2.26. The highest BCUT2D eigenvalue weighted by atomic mass is 32.2. The summed E-state index contributed by atoms with van der Waals surface area (Å²) in [4.78, 5) is 12.7.